The summed E-state index contributed by atoms with van der Waals surface area (Å²) in [7, 11) is 0. The molecule has 0 aliphatic rings. The van der Waals surface area contributed by atoms with E-state index in [4.69, 9.17) is 14.8 Å². The van der Waals surface area contributed by atoms with E-state index in [1.807, 2.05) is 37.3 Å². The van der Waals surface area contributed by atoms with Gasteiger partial charge in [-0.1, -0.05) is 48.4 Å². The van der Waals surface area contributed by atoms with Crippen LogP contribution in [-0.2, 0) is 6.54 Å². The highest BCUT2D eigenvalue weighted by Gasteiger charge is 2.20. The normalized spacial score (nSPS) is 11.6. The van der Waals surface area contributed by atoms with Gasteiger partial charge in [0.2, 0.25) is 5.82 Å². The number of aryl methyl sites for hydroxylation is 1. The highest BCUT2D eigenvalue weighted by molar-refractivity contribution is 5.91. The molecule has 7 heteroatoms. The van der Waals surface area contributed by atoms with Gasteiger partial charge in [-0.2, -0.15) is 4.98 Å². The summed E-state index contributed by atoms with van der Waals surface area (Å²) in [5.41, 5.74) is 10.5. The van der Waals surface area contributed by atoms with Crippen LogP contribution in [-0.4, -0.2) is 20.3 Å². The van der Waals surface area contributed by atoms with E-state index >= 15 is 0 Å². The van der Waals surface area contributed by atoms with E-state index in [0.717, 1.165) is 33.5 Å². The van der Waals surface area contributed by atoms with Crippen LogP contribution in [0.5, 0.6) is 0 Å². The predicted octanol–water partition coefficient (Wildman–Crippen LogP) is 3.83. The zero-order chi connectivity index (χ0) is 18.3. The quantitative estimate of drug-likeness (QED) is 0.597. The first kappa shape index (κ1) is 16.4. The molecule has 0 aliphatic carbocycles. The average molecular weight is 349 g/mol. The van der Waals surface area contributed by atoms with Crippen LogP contribution in [0.15, 0.2) is 39.4 Å². The van der Waals surface area contributed by atoms with Gasteiger partial charge < -0.3 is 14.8 Å². The molecule has 0 amide bonds. The summed E-state index contributed by atoms with van der Waals surface area (Å²) < 4.78 is 10.9. The maximum Gasteiger partial charge on any atom is 0.259 e. The first-order valence-electron chi connectivity index (χ1n) is 8.47. The fourth-order valence-electron chi connectivity index (χ4n) is 2.82. The van der Waals surface area contributed by atoms with Crippen LogP contribution in [0.2, 0.25) is 0 Å². The molecule has 4 aromatic rings. The van der Waals surface area contributed by atoms with E-state index in [1.165, 1.54) is 0 Å². The second-order valence-corrected chi connectivity index (χ2v) is 6.52. The Balaban J connectivity index is 1.83. The molecule has 3 heterocycles. The summed E-state index contributed by atoms with van der Waals surface area (Å²) in [5, 5.41) is 8.95. The lowest BCUT2D eigenvalue weighted by molar-refractivity contribution is 0.432. The molecule has 3 aromatic heterocycles. The maximum atomic E-state index is 5.64. The summed E-state index contributed by atoms with van der Waals surface area (Å²) in [6, 6.07) is 9.74. The van der Waals surface area contributed by atoms with Crippen molar-refractivity contribution in [2.45, 2.75) is 33.2 Å². The molecule has 0 saturated carbocycles. The van der Waals surface area contributed by atoms with Gasteiger partial charge in [0.15, 0.2) is 0 Å². The molecule has 7 nitrogen and oxygen atoms in total. The lowest BCUT2D eigenvalue weighted by atomic mass is 10.0. The van der Waals surface area contributed by atoms with E-state index in [2.05, 4.69) is 34.1 Å². The van der Waals surface area contributed by atoms with Crippen molar-refractivity contribution < 1.29 is 9.05 Å². The molecule has 0 fully saturated rings. The predicted molar refractivity (Wildman–Crippen MR) is 97.2 cm³/mol. The van der Waals surface area contributed by atoms with Gasteiger partial charge >= 0.3 is 0 Å². The topological polar surface area (TPSA) is 104 Å². The molecule has 0 aliphatic heterocycles. The minimum Gasteiger partial charge on any atom is -0.336 e. The highest BCUT2D eigenvalue weighted by atomic mass is 16.5. The van der Waals surface area contributed by atoms with Gasteiger partial charge in [-0.05, 0) is 24.5 Å². The minimum atomic E-state index is 0.231. The molecule has 1 aromatic carbocycles. The van der Waals surface area contributed by atoms with Crippen molar-refractivity contribution in [3.05, 3.63) is 47.3 Å². The number of nitrogens with two attached hydrogens (primary N) is 1. The van der Waals surface area contributed by atoms with Crippen molar-refractivity contribution in [3.63, 3.8) is 0 Å². The van der Waals surface area contributed by atoms with Crippen molar-refractivity contribution in [3.8, 4) is 22.8 Å². The molecule has 0 saturated heterocycles. The number of aromatic nitrogens is 4. The van der Waals surface area contributed by atoms with Crippen molar-refractivity contribution in [1.29, 1.82) is 0 Å². The van der Waals surface area contributed by atoms with Crippen LogP contribution in [0.4, 0.5) is 0 Å². The van der Waals surface area contributed by atoms with Gasteiger partial charge in [0, 0.05) is 17.8 Å². The van der Waals surface area contributed by atoms with Gasteiger partial charge in [0.25, 0.3) is 11.6 Å². The monoisotopic (exact) mass is 349 g/mol. The fraction of sp³-hybridized carbons (Fsp3) is 0.263. The third-order valence-electron chi connectivity index (χ3n) is 4.33. The molecular formula is C19H19N5O2. The second-order valence-electron chi connectivity index (χ2n) is 6.52. The van der Waals surface area contributed by atoms with Gasteiger partial charge in [0.05, 0.1) is 16.6 Å². The summed E-state index contributed by atoms with van der Waals surface area (Å²) in [5.74, 6) is 1.17. The van der Waals surface area contributed by atoms with Crippen molar-refractivity contribution in [1.82, 2.24) is 20.3 Å². The Kier molecular flexibility index (Phi) is 4.00. The molecule has 26 heavy (non-hydrogen) atoms. The van der Waals surface area contributed by atoms with Crippen LogP contribution in [0, 0.1) is 6.92 Å². The molecule has 132 valence electrons. The smallest absolute Gasteiger partial charge is 0.259 e. The third-order valence-corrected chi connectivity index (χ3v) is 4.33. The molecule has 2 N–H and O–H groups in total. The Hall–Kier alpha value is -3.06. The van der Waals surface area contributed by atoms with Crippen molar-refractivity contribution >= 4 is 11.1 Å². The van der Waals surface area contributed by atoms with Crippen molar-refractivity contribution in [2.75, 3.05) is 0 Å². The summed E-state index contributed by atoms with van der Waals surface area (Å²) in [6.07, 6.45) is 0. The summed E-state index contributed by atoms with van der Waals surface area (Å²) in [4.78, 5) is 9.11. The number of benzene rings is 1. The molecule has 0 radical (unpaired) electrons. The fourth-order valence-corrected chi connectivity index (χ4v) is 2.82. The number of nitrogens with zero attached hydrogens (tertiary/aromatic N) is 4. The van der Waals surface area contributed by atoms with Crippen molar-refractivity contribution in [2.24, 2.45) is 5.73 Å². The van der Waals surface area contributed by atoms with Gasteiger partial charge in [0.1, 0.15) is 0 Å². The van der Waals surface area contributed by atoms with Crippen LogP contribution in [0.25, 0.3) is 33.9 Å². The zero-order valence-electron chi connectivity index (χ0n) is 14.9. The molecule has 4 rings (SSSR count). The van der Waals surface area contributed by atoms with Gasteiger partial charge in [-0.3, -0.25) is 0 Å². The summed E-state index contributed by atoms with van der Waals surface area (Å²) >= 11 is 0. The van der Waals surface area contributed by atoms with E-state index in [-0.39, 0.29) is 5.92 Å². The molecule has 0 spiro atoms. The highest BCUT2D eigenvalue weighted by Crippen LogP contribution is 2.32. The first-order valence-corrected chi connectivity index (χ1v) is 8.47. The maximum absolute atomic E-state index is 5.64. The Morgan fingerprint density at radius 1 is 1.04 bits per heavy atom. The number of hydrogen-bond acceptors (Lipinski definition) is 7. The van der Waals surface area contributed by atoms with E-state index in [0.29, 0.717) is 24.0 Å². The standard InChI is InChI=1S/C19H19N5O2/c1-10(2)15-8-14(16-11(3)23-26-19(16)21-15)18-22-17(24-25-18)13-6-4-12(9-20)5-7-13/h4-8,10H,9,20H2,1-3H3. The number of pyridine rings is 1. The Bertz CT molecular complexity index is 1060. The second kappa shape index (κ2) is 6.34. The Morgan fingerprint density at radius 3 is 2.50 bits per heavy atom. The van der Waals surface area contributed by atoms with Crippen LogP contribution < -0.4 is 5.73 Å². The lowest BCUT2D eigenvalue weighted by Gasteiger charge is -2.05. The molecule has 0 unspecified atom stereocenters. The first-order chi connectivity index (χ1) is 12.6. The van der Waals surface area contributed by atoms with Crippen LogP contribution in [0.1, 0.15) is 36.7 Å². The number of rotatable bonds is 4. The van der Waals surface area contributed by atoms with Crippen LogP contribution in [0.3, 0.4) is 0 Å². The SMILES string of the molecule is Cc1noc2nc(C(C)C)cc(-c3nc(-c4ccc(CN)cc4)no3)c12. The third kappa shape index (κ3) is 2.76. The summed E-state index contributed by atoms with van der Waals surface area (Å²) in [6.45, 7) is 6.51. The largest absolute Gasteiger partial charge is 0.336 e. The van der Waals surface area contributed by atoms with E-state index in [9.17, 15) is 0 Å². The number of fused-ring (bicyclic) bond motifs is 1. The van der Waals surface area contributed by atoms with Crippen LogP contribution >= 0.6 is 0 Å². The Morgan fingerprint density at radius 2 is 1.81 bits per heavy atom. The molecule has 0 bridgehead atoms. The number of hydrogen-bond donors (Lipinski definition) is 1. The van der Waals surface area contributed by atoms with Gasteiger partial charge in [-0.15, -0.1) is 0 Å². The zero-order valence-corrected chi connectivity index (χ0v) is 14.9. The van der Waals surface area contributed by atoms with Gasteiger partial charge in [-0.25, -0.2) is 4.98 Å². The van der Waals surface area contributed by atoms with E-state index in [1.54, 1.807) is 0 Å². The Labute approximate surface area is 150 Å². The lowest BCUT2D eigenvalue weighted by Crippen LogP contribution is -1.95. The molecule has 0 atom stereocenters. The van der Waals surface area contributed by atoms with E-state index < -0.39 is 0 Å². The molecular weight excluding hydrogens is 330 g/mol. The average Bonchev–Trinajstić information content (AvgIpc) is 3.28. The minimum absolute atomic E-state index is 0.231.